The van der Waals surface area contributed by atoms with Gasteiger partial charge in [0.2, 0.25) is 0 Å². The maximum atomic E-state index is 12.1. The summed E-state index contributed by atoms with van der Waals surface area (Å²) < 4.78 is 0. The molecule has 6 heteroatoms. The number of aliphatic hydroxyl groups excluding tert-OH is 2. The van der Waals surface area contributed by atoms with Crippen molar-refractivity contribution in [1.29, 1.82) is 0 Å². The Morgan fingerprint density at radius 2 is 1.04 bits per heavy atom. The molecule has 0 spiro atoms. The van der Waals surface area contributed by atoms with Crippen LogP contribution in [0.5, 0.6) is 0 Å². The number of aliphatic carboxylic acids is 2. The fraction of sp³-hybridized carbons (Fsp3) is 0.795. The molecule has 45 heavy (non-hydrogen) atoms. The highest BCUT2D eigenvalue weighted by Crippen LogP contribution is 2.29. The average molecular weight is 635 g/mol. The third-order valence-electron chi connectivity index (χ3n) is 8.81. The van der Waals surface area contributed by atoms with Crippen LogP contribution in [0.4, 0.5) is 0 Å². The first kappa shape index (κ1) is 43.1. The topological polar surface area (TPSA) is 115 Å². The normalized spacial score (nSPS) is 14.1. The largest absolute Gasteiger partial charge is 0.481 e. The monoisotopic (exact) mass is 635 g/mol. The highest BCUT2D eigenvalue weighted by Gasteiger charge is 2.29. The van der Waals surface area contributed by atoms with Crippen molar-refractivity contribution in [3.8, 4) is 0 Å². The van der Waals surface area contributed by atoms with E-state index in [1.54, 1.807) is 0 Å². The average Bonchev–Trinajstić information content (AvgIpc) is 3.02. The summed E-state index contributed by atoms with van der Waals surface area (Å²) in [5.74, 6) is -2.18. The molecule has 0 bridgehead atoms. The molecule has 0 saturated carbocycles. The Morgan fingerprint density at radius 3 is 1.56 bits per heavy atom. The fourth-order valence-corrected chi connectivity index (χ4v) is 5.99. The van der Waals surface area contributed by atoms with E-state index >= 15 is 0 Å². The number of hydrogen-bond acceptors (Lipinski definition) is 4. The van der Waals surface area contributed by atoms with E-state index in [4.69, 9.17) is 5.11 Å². The van der Waals surface area contributed by atoms with Crippen molar-refractivity contribution < 1.29 is 30.0 Å². The van der Waals surface area contributed by atoms with Crippen LogP contribution in [-0.4, -0.2) is 45.1 Å². The SMILES string of the molecule is CCCCCCCCCCCCCCCC(CC/C=C\C/C=C\C/C=C\CCCCCCCC(=O)O)C(CC(O)CO)C(=O)O. The molecular formula is C39H70O6. The predicted molar refractivity (Wildman–Crippen MR) is 188 cm³/mol. The summed E-state index contributed by atoms with van der Waals surface area (Å²) in [4.78, 5) is 22.6. The number of unbranched alkanes of at least 4 members (excludes halogenated alkanes) is 17. The van der Waals surface area contributed by atoms with E-state index in [-0.39, 0.29) is 18.8 Å². The number of rotatable bonds is 34. The minimum Gasteiger partial charge on any atom is -0.481 e. The van der Waals surface area contributed by atoms with Crippen LogP contribution in [0.1, 0.15) is 174 Å². The third kappa shape index (κ3) is 30.5. The van der Waals surface area contributed by atoms with Gasteiger partial charge in [0.05, 0.1) is 18.6 Å². The van der Waals surface area contributed by atoms with Gasteiger partial charge in [-0.15, -0.1) is 0 Å². The highest BCUT2D eigenvalue weighted by atomic mass is 16.4. The molecule has 3 atom stereocenters. The molecule has 6 nitrogen and oxygen atoms in total. The lowest BCUT2D eigenvalue weighted by atomic mass is 9.81. The number of hydrogen-bond donors (Lipinski definition) is 4. The van der Waals surface area contributed by atoms with Crippen LogP contribution >= 0.6 is 0 Å². The molecule has 0 aliphatic carbocycles. The molecule has 0 aliphatic heterocycles. The molecule has 0 radical (unpaired) electrons. The number of carboxylic acid groups (broad SMARTS) is 2. The van der Waals surface area contributed by atoms with Gasteiger partial charge in [0.15, 0.2) is 0 Å². The Kier molecular flexibility index (Phi) is 32.0. The molecule has 0 aliphatic rings. The summed E-state index contributed by atoms with van der Waals surface area (Å²) in [7, 11) is 0. The van der Waals surface area contributed by atoms with E-state index < -0.39 is 30.6 Å². The van der Waals surface area contributed by atoms with Gasteiger partial charge in [-0.1, -0.05) is 146 Å². The Balaban J connectivity index is 4.24. The van der Waals surface area contributed by atoms with E-state index in [9.17, 15) is 24.9 Å². The van der Waals surface area contributed by atoms with Gasteiger partial charge in [-0.3, -0.25) is 9.59 Å². The molecule has 0 aromatic carbocycles. The van der Waals surface area contributed by atoms with Crippen LogP contribution in [0, 0.1) is 11.8 Å². The van der Waals surface area contributed by atoms with Crippen molar-refractivity contribution in [1.82, 2.24) is 0 Å². The quantitative estimate of drug-likeness (QED) is 0.0413. The molecular weight excluding hydrogens is 564 g/mol. The maximum Gasteiger partial charge on any atom is 0.306 e. The molecule has 262 valence electrons. The number of carbonyl (C=O) groups is 2. The molecule has 0 heterocycles. The Bertz CT molecular complexity index is 759. The van der Waals surface area contributed by atoms with Gasteiger partial charge in [0.25, 0.3) is 0 Å². The molecule has 0 amide bonds. The number of carboxylic acids is 2. The van der Waals surface area contributed by atoms with Crippen LogP contribution < -0.4 is 0 Å². The summed E-state index contributed by atoms with van der Waals surface area (Å²) >= 11 is 0. The summed E-state index contributed by atoms with van der Waals surface area (Å²) in [6.45, 7) is 1.86. The van der Waals surface area contributed by atoms with E-state index in [1.807, 2.05) is 0 Å². The lowest BCUT2D eigenvalue weighted by Crippen LogP contribution is -2.29. The second-order valence-corrected chi connectivity index (χ2v) is 13.0. The van der Waals surface area contributed by atoms with Crippen LogP contribution in [0.15, 0.2) is 36.5 Å². The van der Waals surface area contributed by atoms with E-state index in [1.165, 1.54) is 70.6 Å². The van der Waals surface area contributed by atoms with E-state index in [0.29, 0.717) is 0 Å². The molecule has 0 aromatic rings. The minimum absolute atomic E-state index is 0.00600. The summed E-state index contributed by atoms with van der Waals surface area (Å²) in [6.07, 6.45) is 39.7. The van der Waals surface area contributed by atoms with Gasteiger partial charge in [-0.2, -0.15) is 0 Å². The van der Waals surface area contributed by atoms with E-state index in [2.05, 4.69) is 43.4 Å². The van der Waals surface area contributed by atoms with Gasteiger partial charge in [0, 0.05) is 6.42 Å². The zero-order chi connectivity index (χ0) is 33.2. The molecule has 0 aromatic heterocycles. The third-order valence-corrected chi connectivity index (χ3v) is 8.81. The lowest BCUT2D eigenvalue weighted by Gasteiger charge is -2.25. The molecule has 0 rings (SSSR count). The van der Waals surface area contributed by atoms with Gasteiger partial charge >= 0.3 is 11.9 Å². The Hall–Kier alpha value is -1.92. The van der Waals surface area contributed by atoms with Crippen LogP contribution in [0.3, 0.4) is 0 Å². The van der Waals surface area contributed by atoms with Crippen molar-refractivity contribution in [2.45, 2.75) is 180 Å². The van der Waals surface area contributed by atoms with Gasteiger partial charge in [0.1, 0.15) is 0 Å². The zero-order valence-corrected chi connectivity index (χ0v) is 28.9. The van der Waals surface area contributed by atoms with Gasteiger partial charge < -0.3 is 20.4 Å². The minimum atomic E-state index is -0.981. The molecule has 3 unspecified atom stereocenters. The standard InChI is InChI=1S/C39H70O6/c1-2-3-4-5-6-7-8-12-15-18-21-24-27-30-35(37(39(44)45)33-36(41)34-40)31-28-25-22-19-16-13-10-9-11-14-17-20-23-26-29-32-38(42)43/h9,11,13,16,22,25,35-37,40-41H,2-8,10,12,14-15,17-21,23-24,26-34H2,1H3,(H,42,43)(H,44,45)/b11-9-,16-13-,25-22-. The van der Waals surface area contributed by atoms with E-state index in [0.717, 1.165) is 83.5 Å². The van der Waals surface area contributed by atoms with Crippen LogP contribution in [0.25, 0.3) is 0 Å². The Labute approximate surface area is 276 Å². The van der Waals surface area contributed by atoms with Crippen molar-refractivity contribution in [3.63, 3.8) is 0 Å². The van der Waals surface area contributed by atoms with Crippen molar-refractivity contribution in [2.75, 3.05) is 6.61 Å². The van der Waals surface area contributed by atoms with Crippen molar-refractivity contribution in [2.24, 2.45) is 11.8 Å². The summed E-state index contributed by atoms with van der Waals surface area (Å²) in [5, 5.41) is 37.8. The lowest BCUT2D eigenvalue weighted by molar-refractivity contribution is -0.145. The molecule has 4 N–H and O–H groups in total. The smallest absolute Gasteiger partial charge is 0.306 e. The highest BCUT2D eigenvalue weighted by molar-refractivity contribution is 5.70. The molecule has 0 saturated heterocycles. The summed E-state index contributed by atoms with van der Waals surface area (Å²) in [5.41, 5.74) is 0. The number of allylic oxidation sites excluding steroid dienone is 6. The maximum absolute atomic E-state index is 12.1. The second kappa shape index (κ2) is 33.4. The predicted octanol–water partition coefficient (Wildman–Crippen LogP) is 10.6. The van der Waals surface area contributed by atoms with Crippen LogP contribution in [0.2, 0.25) is 0 Å². The van der Waals surface area contributed by atoms with Crippen molar-refractivity contribution in [3.05, 3.63) is 36.5 Å². The first-order valence-corrected chi connectivity index (χ1v) is 18.6. The van der Waals surface area contributed by atoms with Crippen molar-refractivity contribution >= 4 is 11.9 Å². The second-order valence-electron chi connectivity index (χ2n) is 13.0. The van der Waals surface area contributed by atoms with Crippen LogP contribution in [-0.2, 0) is 9.59 Å². The molecule has 0 fully saturated rings. The van der Waals surface area contributed by atoms with Gasteiger partial charge in [-0.05, 0) is 63.7 Å². The van der Waals surface area contributed by atoms with Gasteiger partial charge in [-0.25, -0.2) is 0 Å². The Morgan fingerprint density at radius 1 is 0.578 bits per heavy atom. The summed E-state index contributed by atoms with van der Waals surface area (Å²) in [6, 6.07) is 0. The zero-order valence-electron chi connectivity index (χ0n) is 28.9. The fourth-order valence-electron chi connectivity index (χ4n) is 5.99. The number of aliphatic hydroxyl groups is 2. The first-order valence-electron chi connectivity index (χ1n) is 18.6. The first-order chi connectivity index (χ1) is 21.9.